The van der Waals surface area contributed by atoms with E-state index in [1.165, 1.54) is 12.1 Å². The average Bonchev–Trinajstić information content (AvgIpc) is 2.66. The number of carbonyl (C=O) groups is 2. The SMILES string of the molecule is CC(C)[C@H](N)C(=O)NCC(=O)NCc1ccc(Oc2ccc(F)cc2)cc1. The van der Waals surface area contributed by atoms with E-state index in [4.69, 9.17) is 10.5 Å². The second kappa shape index (κ2) is 9.68. The topological polar surface area (TPSA) is 93.5 Å². The van der Waals surface area contributed by atoms with Gasteiger partial charge in [-0.2, -0.15) is 0 Å². The Kier molecular flexibility index (Phi) is 7.31. The minimum Gasteiger partial charge on any atom is -0.457 e. The number of hydrogen-bond donors (Lipinski definition) is 3. The number of nitrogens with two attached hydrogens (primary N) is 1. The van der Waals surface area contributed by atoms with E-state index in [1.807, 2.05) is 26.0 Å². The van der Waals surface area contributed by atoms with E-state index in [-0.39, 0.29) is 30.1 Å². The normalized spacial score (nSPS) is 11.7. The Labute approximate surface area is 157 Å². The zero-order valence-corrected chi connectivity index (χ0v) is 15.4. The molecule has 4 N–H and O–H groups in total. The molecule has 0 bridgehead atoms. The Bertz CT molecular complexity index is 761. The van der Waals surface area contributed by atoms with Crippen molar-refractivity contribution >= 4 is 11.8 Å². The van der Waals surface area contributed by atoms with Gasteiger partial charge in [0, 0.05) is 6.54 Å². The standard InChI is InChI=1S/C20H24FN3O3/c1-13(2)19(22)20(26)24-12-18(25)23-11-14-3-7-16(8-4-14)27-17-9-5-15(21)6-10-17/h3-10,13,19H,11-12,22H2,1-2H3,(H,23,25)(H,24,26)/t19-/m0/s1. The number of ether oxygens (including phenoxy) is 1. The molecule has 7 heteroatoms. The van der Waals surface area contributed by atoms with Gasteiger partial charge in [-0.25, -0.2) is 4.39 Å². The monoisotopic (exact) mass is 373 g/mol. The van der Waals surface area contributed by atoms with Gasteiger partial charge < -0.3 is 21.1 Å². The maximum atomic E-state index is 12.9. The van der Waals surface area contributed by atoms with Crippen LogP contribution in [-0.2, 0) is 16.1 Å². The van der Waals surface area contributed by atoms with Crippen molar-refractivity contribution in [1.29, 1.82) is 0 Å². The minimum absolute atomic E-state index is 0.00343. The molecule has 0 aliphatic heterocycles. The highest BCUT2D eigenvalue weighted by atomic mass is 19.1. The second-order valence-electron chi connectivity index (χ2n) is 6.46. The van der Waals surface area contributed by atoms with Gasteiger partial charge in [-0.05, 0) is 47.9 Å². The summed E-state index contributed by atoms with van der Waals surface area (Å²) in [4.78, 5) is 23.5. The van der Waals surface area contributed by atoms with Gasteiger partial charge in [-0.3, -0.25) is 9.59 Å². The Balaban J connectivity index is 1.76. The Hall–Kier alpha value is -2.93. The van der Waals surface area contributed by atoms with Crippen molar-refractivity contribution in [2.24, 2.45) is 11.7 Å². The van der Waals surface area contributed by atoms with Gasteiger partial charge in [0.05, 0.1) is 12.6 Å². The molecule has 2 rings (SSSR count). The van der Waals surface area contributed by atoms with Crippen LogP contribution in [0.2, 0.25) is 0 Å². The minimum atomic E-state index is -0.633. The number of rotatable bonds is 8. The van der Waals surface area contributed by atoms with E-state index in [2.05, 4.69) is 10.6 Å². The van der Waals surface area contributed by atoms with Crippen LogP contribution in [0.25, 0.3) is 0 Å². The van der Waals surface area contributed by atoms with E-state index >= 15 is 0 Å². The molecule has 0 aromatic heterocycles. The zero-order chi connectivity index (χ0) is 19.8. The first-order valence-corrected chi connectivity index (χ1v) is 8.67. The van der Waals surface area contributed by atoms with Gasteiger partial charge in [-0.15, -0.1) is 0 Å². The van der Waals surface area contributed by atoms with Crippen LogP contribution in [0, 0.1) is 11.7 Å². The summed E-state index contributed by atoms with van der Waals surface area (Å²) in [5, 5.41) is 5.24. The summed E-state index contributed by atoms with van der Waals surface area (Å²) in [6.07, 6.45) is 0. The Morgan fingerprint density at radius 1 is 1.00 bits per heavy atom. The third-order valence-electron chi connectivity index (χ3n) is 3.91. The molecule has 0 aliphatic rings. The molecule has 0 aliphatic carbocycles. The first-order chi connectivity index (χ1) is 12.8. The molecule has 144 valence electrons. The molecule has 0 spiro atoms. The summed E-state index contributed by atoms with van der Waals surface area (Å²) in [7, 11) is 0. The fourth-order valence-corrected chi connectivity index (χ4v) is 2.17. The lowest BCUT2D eigenvalue weighted by atomic mass is 10.1. The van der Waals surface area contributed by atoms with Gasteiger partial charge in [-0.1, -0.05) is 26.0 Å². The van der Waals surface area contributed by atoms with Crippen molar-refractivity contribution < 1.29 is 18.7 Å². The van der Waals surface area contributed by atoms with Crippen LogP contribution in [-0.4, -0.2) is 24.4 Å². The molecule has 2 aromatic rings. The molecule has 0 fully saturated rings. The van der Waals surface area contributed by atoms with Gasteiger partial charge >= 0.3 is 0 Å². The quantitative estimate of drug-likeness (QED) is 0.662. The molecular formula is C20H24FN3O3. The highest BCUT2D eigenvalue weighted by molar-refractivity contribution is 5.87. The molecule has 1 atom stereocenters. The number of nitrogens with one attached hydrogen (secondary N) is 2. The summed E-state index contributed by atoms with van der Waals surface area (Å²) >= 11 is 0. The third kappa shape index (κ3) is 6.71. The first kappa shape index (κ1) is 20.4. The van der Waals surface area contributed by atoms with Gasteiger partial charge in [0.1, 0.15) is 17.3 Å². The highest BCUT2D eigenvalue weighted by Crippen LogP contribution is 2.21. The molecule has 0 saturated carbocycles. The van der Waals surface area contributed by atoms with Gasteiger partial charge in [0.25, 0.3) is 0 Å². The zero-order valence-electron chi connectivity index (χ0n) is 15.4. The van der Waals surface area contributed by atoms with Crippen molar-refractivity contribution in [2.75, 3.05) is 6.54 Å². The van der Waals surface area contributed by atoms with E-state index in [0.29, 0.717) is 18.0 Å². The summed E-state index contributed by atoms with van der Waals surface area (Å²) in [5.74, 6) is 0.173. The second-order valence-corrected chi connectivity index (χ2v) is 6.46. The van der Waals surface area contributed by atoms with Crippen LogP contribution >= 0.6 is 0 Å². The van der Waals surface area contributed by atoms with Crippen molar-refractivity contribution in [3.8, 4) is 11.5 Å². The number of halogens is 1. The lowest BCUT2D eigenvalue weighted by Gasteiger charge is -2.15. The molecule has 0 heterocycles. The predicted octanol–water partition coefficient (Wildman–Crippen LogP) is 2.33. The smallest absolute Gasteiger partial charge is 0.239 e. The molecule has 0 saturated heterocycles. The lowest BCUT2D eigenvalue weighted by molar-refractivity contribution is -0.127. The van der Waals surface area contributed by atoms with E-state index in [0.717, 1.165) is 5.56 Å². The first-order valence-electron chi connectivity index (χ1n) is 8.67. The highest BCUT2D eigenvalue weighted by Gasteiger charge is 2.17. The summed E-state index contributed by atoms with van der Waals surface area (Å²) in [6.45, 7) is 3.88. The summed E-state index contributed by atoms with van der Waals surface area (Å²) in [5.41, 5.74) is 6.59. The Morgan fingerprint density at radius 3 is 2.11 bits per heavy atom. The molecule has 6 nitrogen and oxygen atoms in total. The molecule has 2 amide bonds. The summed E-state index contributed by atoms with van der Waals surface area (Å²) < 4.78 is 18.5. The maximum Gasteiger partial charge on any atom is 0.239 e. The molecule has 2 aromatic carbocycles. The predicted molar refractivity (Wildman–Crippen MR) is 101 cm³/mol. The fourth-order valence-electron chi connectivity index (χ4n) is 2.17. The third-order valence-corrected chi connectivity index (χ3v) is 3.91. The number of amides is 2. The van der Waals surface area contributed by atoms with Crippen molar-refractivity contribution in [3.05, 3.63) is 59.9 Å². The van der Waals surface area contributed by atoms with Crippen LogP contribution in [0.5, 0.6) is 11.5 Å². The van der Waals surface area contributed by atoms with E-state index in [1.54, 1.807) is 24.3 Å². The average molecular weight is 373 g/mol. The number of carbonyl (C=O) groups excluding carboxylic acids is 2. The van der Waals surface area contributed by atoms with Crippen LogP contribution in [0.1, 0.15) is 19.4 Å². The molecular weight excluding hydrogens is 349 g/mol. The fraction of sp³-hybridized carbons (Fsp3) is 0.300. The molecule has 27 heavy (non-hydrogen) atoms. The molecule has 0 unspecified atom stereocenters. The number of hydrogen-bond acceptors (Lipinski definition) is 4. The maximum absolute atomic E-state index is 12.9. The molecule has 0 radical (unpaired) electrons. The largest absolute Gasteiger partial charge is 0.457 e. The number of benzene rings is 2. The van der Waals surface area contributed by atoms with Crippen molar-refractivity contribution in [2.45, 2.75) is 26.4 Å². The van der Waals surface area contributed by atoms with Gasteiger partial charge in [0.15, 0.2) is 0 Å². The van der Waals surface area contributed by atoms with Crippen molar-refractivity contribution in [3.63, 3.8) is 0 Å². The van der Waals surface area contributed by atoms with Crippen molar-refractivity contribution in [1.82, 2.24) is 10.6 Å². The van der Waals surface area contributed by atoms with Crippen LogP contribution in [0.3, 0.4) is 0 Å². The van der Waals surface area contributed by atoms with Gasteiger partial charge in [0.2, 0.25) is 11.8 Å². The Morgan fingerprint density at radius 2 is 1.56 bits per heavy atom. The van der Waals surface area contributed by atoms with Crippen LogP contribution in [0.15, 0.2) is 48.5 Å². The van der Waals surface area contributed by atoms with E-state index < -0.39 is 6.04 Å². The van der Waals surface area contributed by atoms with E-state index in [9.17, 15) is 14.0 Å². The van der Waals surface area contributed by atoms with Crippen LogP contribution < -0.4 is 21.1 Å². The van der Waals surface area contributed by atoms with Crippen LogP contribution in [0.4, 0.5) is 4.39 Å². The summed E-state index contributed by atoms with van der Waals surface area (Å²) in [6, 6.07) is 12.2. The lowest BCUT2D eigenvalue weighted by Crippen LogP contribution is -2.47.